The lowest BCUT2D eigenvalue weighted by molar-refractivity contribution is 0.619. The van der Waals surface area contributed by atoms with E-state index in [2.05, 4.69) is 0 Å². The van der Waals surface area contributed by atoms with Crippen molar-refractivity contribution in [1.82, 2.24) is 0 Å². The lowest BCUT2D eigenvalue weighted by Gasteiger charge is -1.98. The third-order valence-corrected chi connectivity index (χ3v) is 1.73. The fourth-order valence-corrected chi connectivity index (χ4v) is 0.953. The first-order chi connectivity index (χ1) is 5.61. The second-order valence-corrected chi connectivity index (χ2v) is 3.04. The van der Waals surface area contributed by atoms with E-state index >= 15 is 0 Å². The maximum Gasteiger partial charge on any atom is 0.214 e. The number of hydrogen-bond acceptors (Lipinski definition) is 1. The predicted octanol–water partition coefficient (Wildman–Crippen LogP) is 2.31. The van der Waals surface area contributed by atoms with Crippen molar-refractivity contribution < 1.29 is 4.39 Å². The highest BCUT2D eigenvalue weighted by molar-refractivity contribution is 5.17. The van der Waals surface area contributed by atoms with E-state index in [9.17, 15) is 9.18 Å². The van der Waals surface area contributed by atoms with Gasteiger partial charge in [-0.3, -0.25) is 4.79 Å². The van der Waals surface area contributed by atoms with Gasteiger partial charge in [-0.2, -0.15) is 0 Å². The first kappa shape index (κ1) is 8.91. The van der Waals surface area contributed by atoms with Crippen LogP contribution in [0, 0.1) is 5.82 Å². The number of halogens is 1. The van der Waals surface area contributed by atoms with Crippen molar-refractivity contribution in [3.05, 3.63) is 45.9 Å². The van der Waals surface area contributed by atoms with Crippen LogP contribution in [-0.2, 0) is 0 Å². The van der Waals surface area contributed by atoms with Gasteiger partial charge in [0.2, 0.25) is 5.43 Å². The molecule has 0 aliphatic rings. The summed E-state index contributed by atoms with van der Waals surface area (Å²) in [5.41, 5.74) is 0.326. The molecule has 1 rings (SSSR count). The smallest absolute Gasteiger partial charge is 0.214 e. The van der Waals surface area contributed by atoms with Crippen molar-refractivity contribution >= 4 is 0 Å². The van der Waals surface area contributed by atoms with Crippen LogP contribution in [0.1, 0.15) is 25.3 Å². The summed E-state index contributed by atoms with van der Waals surface area (Å²) < 4.78 is 12.7. The molecule has 0 fully saturated rings. The Morgan fingerprint density at radius 2 is 2.00 bits per heavy atom. The summed E-state index contributed by atoms with van der Waals surface area (Å²) in [6.45, 7) is 3.93. The largest absolute Gasteiger partial charge is 0.287 e. The van der Waals surface area contributed by atoms with Crippen LogP contribution in [0.15, 0.2) is 29.1 Å². The molecular weight excluding hydrogens is 155 g/mol. The molecule has 64 valence electrons. The average Bonchev–Trinajstić information content (AvgIpc) is 2.15. The first-order valence-corrected chi connectivity index (χ1v) is 3.91. The molecular formula is C10H11FO. The monoisotopic (exact) mass is 166 g/mol. The molecule has 0 aliphatic heterocycles. The van der Waals surface area contributed by atoms with Gasteiger partial charge in [-0.15, -0.1) is 0 Å². The van der Waals surface area contributed by atoms with Crippen molar-refractivity contribution in [1.29, 1.82) is 0 Å². The standard InChI is InChI=1S/C10H11FO/c1-7(2)8-4-3-5-9(11)10(12)6-8/h3-7H,1-2H3. The summed E-state index contributed by atoms with van der Waals surface area (Å²) in [5, 5.41) is 0. The topological polar surface area (TPSA) is 17.1 Å². The molecule has 0 heterocycles. The highest BCUT2D eigenvalue weighted by atomic mass is 19.1. The van der Waals surface area contributed by atoms with Gasteiger partial charge in [0.1, 0.15) is 0 Å². The molecule has 0 aromatic heterocycles. The zero-order valence-electron chi connectivity index (χ0n) is 7.17. The van der Waals surface area contributed by atoms with Crippen LogP contribution >= 0.6 is 0 Å². The average molecular weight is 166 g/mol. The van der Waals surface area contributed by atoms with E-state index < -0.39 is 11.2 Å². The Kier molecular flexibility index (Phi) is 2.58. The highest BCUT2D eigenvalue weighted by Crippen LogP contribution is 2.10. The van der Waals surface area contributed by atoms with Crippen LogP contribution in [0.2, 0.25) is 0 Å². The van der Waals surface area contributed by atoms with Gasteiger partial charge in [-0.1, -0.05) is 26.0 Å². The van der Waals surface area contributed by atoms with Crippen LogP contribution in [0.25, 0.3) is 0 Å². The summed E-state index contributed by atoms with van der Waals surface area (Å²) >= 11 is 0. The molecule has 0 atom stereocenters. The lowest BCUT2D eigenvalue weighted by atomic mass is 10.1. The quantitative estimate of drug-likeness (QED) is 0.625. The van der Waals surface area contributed by atoms with E-state index in [4.69, 9.17) is 0 Å². The van der Waals surface area contributed by atoms with E-state index in [1.54, 1.807) is 12.1 Å². The highest BCUT2D eigenvalue weighted by Gasteiger charge is 1.99. The summed E-state index contributed by atoms with van der Waals surface area (Å²) in [6.07, 6.45) is 0. The third-order valence-electron chi connectivity index (χ3n) is 1.73. The Morgan fingerprint density at radius 3 is 2.58 bits per heavy atom. The summed E-state index contributed by atoms with van der Waals surface area (Å²) in [7, 11) is 0. The van der Waals surface area contributed by atoms with E-state index in [1.165, 1.54) is 12.1 Å². The van der Waals surface area contributed by atoms with Crippen LogP contribution in [0.4, 0.5) is 4.39 Å². The van der Waals surface area contributed by atoms with Crippen molar-refractivity contribution in [3.8, 4) is 0 Å². The van der Waals surface area contributed by atoms with Crippen molar-refractivity contribution in [2.24, 2.45) is 0 Å². The van der Waals surface area contributed by atoms with E-state index in [0.29, 0.717) is 0 Å². The second kappa shape index (κ2) is 3.48. The van der Waals surface area contributed by atoms with E-state index in [0.717, 1.165) is 5.56 Å². The molecule has 0 bridgehead atoms. The van der Waals surface area contributed by atoms with Crippen molar-refractivity contribution in [2.75, 3.05) is 0 Å². The van der Waals surface area contributed by atoms with Crippen molar-refractivity contribution in [3.63, 3.8) is 0 Å². The summed E-state index contributed by atoms with van der Waals surface area (Å²) in [4.78, 5) is 11.0. The van der Waals surface area contributed by atoms with Gasteiger partial charge in [0.05, 0.1) is 0 Å². The number of rotatable bonds is 1. The van der Waals surface area contributed by atoms with Gasteiger partial charge in [-0.25, -0.2) is 4.39 Å². The van der Waals surface area contributed by atoms with Gasteiger partial charge in [0, 0.05) is 0 Å². The van der Waals surface area contributed by atoms with E-state index in [-0.39, 0.29) is 5.92 Å². The van der Waals surface area contributed by atoms with Crippen LogP contribution in [0.5, 0.6) is 0 Å². The molecule has 1 aromatic rings. The zero-order chi connectivity index (χ0) is 9.14. The Bertz CT molecular complexity index is 331. The summed E-state index contributed by atoms with van der Waals surface area (Å²) in [5.74, 6) is -0.439. The van der Waals surface area contributed by atoms with Gasteiger partial charge in [0.15, 0.2) is 5.82 Å². The fraction of sp³-hybridized carbons (Fsp3) is 0.300. The SMILES string of the molecule is CC(C)c1cccc(F)c(=O)c1. The van der Waals surface area contributed by atoms with Gasteiger partial charge >= 0.3 is 0 Å². The Balaban J connectivity index is 3.32. The minimum Gasteiger partial charge on any atom is -0.287 e. The molecule has 0 saturated heterocycles. The number of hydrogen-bond donors (Lipinski definition) is 0. The van der Waals surface area contributed by atoms with Gasteiger partial charge in [0.25, 0.3) is 0 Å². The maximum absolute atomic E-state index is 12.7. The van der Waals surface area contributed by atoms with Crippen LogP contribution < -0.4 is 5.43 Å². The molecule has 0 N–H and O–H groups in total. The molecule has 0 aliphatic carbocycles. The normalized spacial score (nSPS) is 10.3. The minimum absolute atomic E-state index is 0.254. The van der Waals surface area contributed by atoms with Gasteiger partial charge in [-0.05, 0) is 23.6 Å². The van der Waals surface area contributed by atoms with E-state index in [1.807, 2.05) is 13.8 Å². The third kappa shape index (κ3) is 1.91. The van der Waals surface area contributed by atoms with Crippen LogP contribution in [-0.4, -0.2) is 0 Å². The van der Waals surface area contributed by atoms with Crippen molar-refractivity contribution in [2.45, 2.75) is 19.8 Å². The molecule has 2 heteroatoms. The molecule has 0 saturated carbocycles. The first-order valence-electron chi connectivity index (χ1n) is 3.91. The molecule has 0 radical (unpaired) electrons. The second-order valence-electron chi connectivity index (χ2n) is 3.04. The minimum atomic E-state index is -0.693. The molecule has 0 spiro atoms. The zero-order valence-corrected chi connectivity index (χ0v) is 7.17. The Labute approximate surface area is 70.9 Å². The predicted molar refractivity (Wildman–Crippen MR) is 46.8 cm³/mol. The Hall–Kier alpha value is -1.18. The molecule has 1 aromatic carbocycles. The molecule has 0 unspecified atom stereocenters. The summed E-state index contributed by atoms with van der Waals surface area (Å²) in [6, 6.07) is 5.86. The maximum atomic E-state index is 12.7. The lowest BCUT2D eigenvalue weighted by Crippen LogP contribution is -2.01. The van der Waals surface area contributed by atoms with Gasteiger partial charge < -0.3 is 0 Å². The Morgan fingerprint density at radius 1 is 1.33 bits per heavy atom. The molecule has 0 amide bonds. The fourth-order valence-electron chi connectivity index (χ4n) is 0.953. The molecule has 1 nitrogen and oxygen atoms in total. The molecule has 12 heavy (non-hydrogen) atoms. The van der Waals surface area contributed by atoms with Crippen LogP contribution in [0.3, 0.4) is 0 Å².